The lowest BCUT2D eigenvalue weighted by Gasteiger charge is -2.19. The number of carbonyl (C=O) groups is 2. The Morgan fingerprint density at radius 1 is 1.19 bits per heavy atom. The van der Waals surface area contributed by atoms with Crippen molar-refractivity contribution in [2.45, 2.75) is 33.3 Å². The van der Waals surface area contributed by atoms with Gasteiger partial charge >= 0.3 is 11.9 Å². The Balaban J connectivity index is 3.84. The quantitative estimate of drug-likeness (QED) is 0.670. The maximum atomic E-state index is 11.1. The molecular weight excluding hydrogens is 232 g/mol. The van der Waals surface area contributed by atoms with E-state index in [1.54, 1.807) is 27.7 Å². The van der Waals surface area contributed by atoms with Gasteiger partial charge in [0.05, 0.1) is 0 Å². The molecule has 0 unspecified atom stereocenters. The van der Waals surface area contributed by atoms with E-state index in [1.807, 2.05) is 0 Å². The molecule has 0 N–H and O–H groups in total. The number of hydrogen-bond acceptors (Lipinski definition) is 5. The summed E-state index contributed by atoms with van der Waals surface area (Å²) in [5.41, 5.74) is -0.601. The topological polar surface area (TPSA) is 69.7 Å². The minimum atomic E-state index is -1.22. The fraction of sp³-hybridized carbons (Fsp3) is 0.800. The fourth-order valence-electron chi connectivity index (χ4n) is 0.786. The van der Waals surface area contributed by atoms with Crippen LogP contribution in [0.5, 0.6) is 0 Å². The van der Waals surface area contributed by atoms with Crippen molar-refractivity contribution in [1.29, 1.82) is 0 Å². The molecule has 0 aromatic heterocycles. The average Bonchev–Trinajstić information content (AvgIpc) is 2.12. The summed E-state index contributed by atoms with van der Waals surface area (Å²) >= 11 is 0. The monoisotopic (exact) mass is 250 g/mol. The van der Waals surface area contributed by atoms with Crippen LogP contribution in [0, 0.1) is 0 Å². The second-order valence-electron chi connectivity index (χ2n) is 4.12. The number of esters is 2. The fourth-order valence-corrected chi connectivity index (χ4v) is 1.34. The Morgan fingerprint density at radius 3 is 2.19 bits per heavy atom. The number of ether oxygens (including phenoxy) is 2. The molecule has 1 atom stereocenters. The maximum absolute atomic E-state index is 11.1. The van der Waals surface area contributed by atoms with Crippen molar-refractivity contribution in [3.8, 4) is 0 Å². The minimum absolute atomic E-state index is 0.181. The predicted molar refractivity (Wildman–Crippen MR) is 60.4 cm³/mol. The molecule has 0 amide bonds. The Kier molecular flexibility index (Phi) is 6.25. The maximum Gasteiger partial charge on any atom is 0.344 e. The molecule has 16 heavy (non-hydrogen) atoms. The van der Waals surface area contributed by atoms with E-state index in [1.165, 1.54) is 0 Å². The highest BCUT2D eigenvalue weighted by atomic mass is 32.2. The molecule has 0 radical (unpaired) electrons. The molecule has 0 aromatic carbocycles. The molecule has 0 saturated carbocycles. The van der Waals surface area contributed by atoms with Crippen LogP contribution in [-0.2, 0) is 29.9 Å². The summed E-state index contributed by atoms with van der Waals surface area (Å²) in [5, 5.41) is 0. The van der Waals surface area contributed by atoms with E-state index in [0.29, 0.717) is 5.75 Å². The summed E-state index contributed by atoms with van der Waals surface area (Å²) in [7, 11) is -1.22. The summed E-state index contributed by atoms with van der Waals surface area (Å²) < 4.78 is 20.5. The van der Waals surface area contributed by atoms with E-state index in [4.69, 9.17) is 4.74 Å². The van der Waals surface area contributed by atoms with Crippen LogP contribution in [0.15, 0.2) is 0 Å². The molecule has 0 aliphatic heterocycles. The number of rotatable bonds is 5. The van der Waals surface area contributed by atoms with Crippen LogP contribution < -0.4 is 0 Å². The lowest BCUT2D eigenvalue weighted by molar-refractivity contribution is -0.165. The summed E-state index contributed by atoms with van der Waals surface area (Å²) in [6, 6.07) is 0. The number of hydrogen-bond donors (Lipinski definition) is 0. The van der Waals surface area contributed by atoms with Crippen LogP contribution in [-0.4, -0.2) is 39.9 Å². The first-order valence-corrected chi connectivity index (χ1v) is 6.46. The molecule has 0 aromatic rings. The molecule has 0 rings (SSSR count). The van der Waals surface area contributed by atoms with Gasteiger partial charge in [0.2, 0.25) is 0 Å². The molecule has 0 fully saturated rings. The lowest BCUT2D eigenvalue weighted by atomic mass is 10.2. The Bertz CT molecular complexity index is 279. The smallest absolute Gasteiger partial charge is 0.344 e. The van der Waals surface area contributed by atoms with Crippen LogP contribution >= 0.6 is 0 Å². The van der Waals surface area contributed by atoms with Crippen molar-refractivity contribution in [1.82, 2.24) is 0 Å². The molecule has 94 valence electrons. The van der Waals surface area contributed by atoms with Crippen LogP contribution in [0.25, 0.3) is 0 Å². The Morgan fingerprint density at radius 2 is 1.75 bits per heavy atom. The highest BCUT2D eigenvalue weighted by Crippen LogP contribution is 2.06. The highest BCUT2D eigenvalue weighted by molar-refractivity contribution is 7.85. The van der Waals surface area contributed by atoms with Crippen LogP contribution in [0.3, 0.4) is 0 Å². The number of carbonyl (C=O) groups excluding carboxylic acids is 2. The van der Waals surface area contributed by atoms with Gasteiger partial charge in [0.15, 0.2) is 6.61 Å². The lowest BCUT2D eigenvalue weighted by Crippen LogP contribution is -2.28. The first kappa shape index (κ1) is 15.1. The van der Waals surface area contributed by atoms with Crippen molar-refractivity contribution in [3.63, 3.8) is 0 Å². The van der Waals surface area contributed by atoms with Crippen LogP contribution in [0.1, 0.15) is 27.7 Å². The van der Waals surface area contributed by atoms with Crippen molar-refractivity contribution in [2.75, 3.05) is 18.1 Å². The van der Waals surface area contributed by atoms with E-state index in [2.05, 4.69) is 4.74 Å². The minimum Gasteiger partial charge on any atom is -0.457 e. The molecule has 0 heterocycles. The summed E-state index contributed by atoms with van der Waals surface area (Å²) in [6.45, 7) is 6.44. The largest absolute Gasteiger partial charge is 0.457 e. The molecule has 0 spiro atoms. The summed E-state index contributed by atoms with van der Waals surface area (Å²) in [5.74, 6) is -1.05. The van der Waals surface area contributed by atoms with Gasteiger partial charge in [0, 0.05) is 16.6 Å². The van der Waals surface area contributed by atoms with E-state index in [9.17, 15) is 13.8 Å². The third-order valence-corrected chi connectivity index (χ3v) is 2.57. The van der Waals surface area contributed by atoms with Gasteiger partial charge in [0.1, 0.15) is 11.4 Å². The third-order valence-electron chi connectivity index (χ3n) is 1.37. The molecule has 6 heteroatoms. The molecule has 0 saturated heterocycles. The van der Waals surface area contributed by atoms with Gasteiger partial charge in [-0.25, -0.2) is 4.79 Å². The zero-order chi connectivity index (χ0) is 12.8. The van der Waals surface area contributed by atoms with E-state index in [0.717, 1.165) is 0 Å². The van der Waals surface area contributed by atoms with Crippen molar-refractivity contribution < 1.29 is 23.3 Å². The molecule has 0 bridgehead atoms. The van der Waals surface area contributed by atoms with Gasteiger partial charge in [-0.3, -0.25) is 9.00 Å². The normalized spacial score (nSPS) is 13.0. The summed E-state index contributed by atoms with van der Waals surface area (Å²) in [6.07, 6.45) is 0. The zero-order valence-corrected chi connectivity index (χ0v) is 10.9. The van der Waals surface area contributed by atoms with E-state index < -0.39 is 34.9 Å². The van der Waals surface area contributed by atoms with Crippen LogP contribution in [0.4, 0.5) is 0 Å². The molecule has 0 aliphatic rings. The van der Waals surface area contributed by atoms with E-state index >= 15 is 0 Å². The zero-order valence-electron chi connectivity index (χ0n) is 10.1. The highest BCUT2D eigenvalue weighted by Gasteiger charge is 2.18. The first-order chi connectivity index (χ1) is 7.24. The van der Waals surface area contributed by atoms with Gasteiger partial charge in [-0.05, 0) is 20.8 Å². The van der Waals surface area contributed by atoms with Gasteiger partial charge in [0.25, 0.3) is 0 Å². The van der Waals surface area contributed by atoms with Crippen molar-refractivity contribution >= 4 is 22.7 Å². The van der Waals surface area contributed by atoms with E-state index in [-0.39, 0.29) is 5.75 Å². The molecule has 5 nitrogen and oxygen atoms in total. The first-order valence-electron chi connectivity index (χ1n) is 4.97. The molecule has 0 aliphatic carbocycles. The second-order valence-corrected chi connectivity index (χ2v) is 5.87. The summed E-state index contributed by atoms with van der Waals surface area (Å²) in [4.78, 5) is 22.2. The van der Waals surface area contributed by atoms with Gasteiger partial charge in [-0.1, -0.05) is 6.92 Å². The van der Waals surface area contributed by atoms with Crippen LogP contribution in [0.2, 0.25) is 0 Å². The average molecular weight is 250 g/mol. The Labute approximate surface area is 97.9 Å². The second kappa shape index (κ2) is 6.62. The predicted octanol–water partition coefficient (Wildman–Crippen LogP) is 0.640. The van der Waals surface area contributed by atoms with Crippen molar-refractivity contribution in [3.05, 3.63) is 0 Å². The standard InChI is InChI=1S/C10H18O5S/c1-5-16(13)7-9(12)14-6-8(11)15-10(2,3)4/h5-7H2,1-4H3/t16-/m1/s1. The molecular formula is C10H18O5S. The van der Waals surface area contributed by atoms with Gasteiger partial charge in [-0.15, -0.1) is 0 Å². The third kappa shape index (κ3) is 8.40. The Hall–Kier alpha value is -0.910. The van der Waals surface area contributed by atoms with Crippen molar-refractivity contribution in [2.24, 2.45) is 0 Å². The van der Waals surface area contributed by atoms with Gasteiger partial charge in [-0.2, -0.15) is 0 Å². The SMILES string of the molecule is CC[S@@](=O)CC(=O)OCC(=O)OC(C)(C)C. The van der Waals surface area contributed by atoms with Gasteiger partial charge < -0.3 is 9.47 Å².